The normalized spacial score (nSPS) is 11.3. The van der Waals surface area contributed by atoms with Crippen molar-refractivity contribution in [3.8, 4) is 5.75 Å². The first-order valence-electron chi connectivity index (χ1n) is 8.42. The fourth-order valence-electron chi connectivity index (χ4n) is 2.28. The number of hydrogen-bond donors (Lipinski definition) is 2. The number of benzene rings is 2. The highest BCUT2D eigenvalue weighted by molar-refractivity contribution is 7.89. The highest BCUT2D eigenvalue weighted by Crippen LogP contribution is 2.16. The molecule has 7 heteroatoms. The molecular formula is C19H24N2O4S. The maximum absolute atomic E-state index is 12.0. The van der Waals surface area contributed by atoms with Crippen molar-refractivity contribution in [2.24, 2.45) is 0 Å². The van der Waals surface area contributed by atoms with E-state index in [1.54, 1.807) is 13.8 Å². The topological polar surface area (TPSA) is 84.5 Å². The van der Waals surface area contributed by atoms with Gasteiger partial charge >= 0.3 is 0 Å². The molecule has 0 atom stereocenters. The van der Waals surface area contributed by atoms with Crippen molar-refractivity contribution in [1.82, 2.24) is 10.0 Å². The van der Waals surface area contributed by atoms with E-state index < -0.39 is 10.0 Å². The van der Waals surface area contributed by atoms with Gasteiger partial charge in [-0.2, -0.15) is 0 Å². The summed E-state index contributed by atoms with van der Waals surface area (Å²) in [5, 5.41) is 2.79. The second-order valence-electron chi connectivity index (χ2n) is 6.12. The minimum absolute atomic E-state index is 0.120. The molecule has 0 radical (unpaired) electrons. The van der Waals surface area contributed by atoms with Crippen molar-refractivity contribution in [1.29, 1.82) is 0 Å². The van der Waals surface area contributed by atoms with Crippen LogP contribution in [0.15, 0.2) is 59.5 Å². The molecule has 2 aromatic carbocycles. The van der Waals surface area contributed by atoms with E-state index in [2.05, 4.69) is 10.0 Å². The number of hydrogen-bond acceptors (Lipinski definition) is 4. The zero-order chi connectivity index (χ0) is 19.0. The number of nitrogens with one attached hydrogen (secondary N) is 2. The van der Waals surface area contributed by atoms with E-state index in [4.69, 9.17) is 4.74 Å². The highest BCUT2D eigenvalue weighted by atomic mass is 32.2. The number of ether oxygens (including phenoxy) is 1. The summed E-state index contributed by atoms with van der Waals surface area (Å²) in [5.41, 5.74) is 1.15. The summed E-state index contributed by atoms with van der Waals surface area (Å²) in [6.45, 7) is 3.92. The van der Waals surface area contributed by atoms with Crippen molar-refractivity contribution in [3.63, 3.8) is 0 Å². The van der Waals surface area contributed by atoms with Gasteiger partial charge < -0.3 is 10.1 Å². The lowest BCUT2D eigenvalue weighted by atomic mass is 10.1. The van der Waals surface area contributed by atoms with Gasteiger partial charge in [0, 0.05) is 12.6 Å². The van der Waals surface area contributed by atoms with E-state index in [1.807, 2.05) is 30.3 Å². The van der Waals surface area contributed by atoms with Gasteiger partial charge in [-0.15, -0.1) is 0 Å². The van der Waals surface area contributed by atoms with Gasteiger partial charge in [0.15, 0.2) is 6.61 Å². The van der Waals surface area contributed by atoms with Crippen molar-refractivity contribution in [2.75, 3.05) is 13.2 Å². The zero-order valence-corrected chi connectivity index (χ0v) is 15.8. The van der Waals surface area contributed by atoms with Crippen molar-refractivity contribution >= 4 is 15.9 Å². The molecule has 0 spiro atoms. The van der Waals surface area contributed by atoms with Crippen LogP contribution in [0.4, 0.5) is 0 Å². The van der Waals surface area contributed by atoms with Crippen molar-refractivity contribution < 1.29 is 17.9 Å². The van der Waals surface area contributed by atoms with Gasteiger partial charge in [0.25, 0.3) is 5.91 Å². The molecule has 0 saturated carbocycles. The minimum Gasteiger partial charge on any atom is -0.484 e. The second-order valence-corrected chi connectivity index (χ2v) is 7.84. The van der Waals surface area contributed by atoms with Gasteiger partial charge in [0.1, 0.15) is 5.75 Å². The number of sulfonamides is 1. The van der Waals surface area contributed by atoms with E-state index in [9.17, 15) is 13.2 Å². The molecule has 0 unspecified atom stereocenters. The Hall–Kier alpha value is -2.38. The van der Waals surface area contributed by atoms with Gasteiger partial charge in [0.2, 0.25) is 10.0 Å². The Morgan fingerprint density at radius 1 is 1.04 bits per heavy atom. The molecule has 6 nitrogen and oxygen atoms in total. The van der Waals surface area contributed by atoms with Gasteiger partial charge in [-0.05, 0) is 50.1 Å². The number of carbonyl (C=O) groups excluding carboxylic acids is 1. The molecule has 0 saturated heterocycles. The predicted molar refractivity (Wildman–Crippen MR) is 101 cm³/mol. The number of amides is 1. The Morgan fingerprint density at radius 2 is 1.69 bits per heavy atom. The summed E-state index contributed by atoms with van der Waals surface area (Å²) in [6.07, 6.45) is 0.752. The van der Waals surface area contributed by atoms with Gasteiger partial charge in [-0.25, -0.2) is 13.1 Å². The lowest BCUT2D eigenvalue weighted by Crippen LogP contribution is -2.30. The standard InChI is InChI=1S/C19H24N2O4S/c1-15(2)21-26(23,24)18-10-8-17(9-11-18)25-14-19(22)20-13-12-16-6-4-3-5-7-16/h3-11,15,21H,12-14H2,1-2H3,(H,20,22). The summed E-state index contributed by atoms with van der Waals surface area (Å²) in [5.74, 6) is 0.214. The van der Waals surface area contributed by atoms with E-state index >= 15 is 0 Å². The molecule has 1 amide bonds. The third-order valence-electron chi connectivity index (χ3n) is 3.47. The van der Waals surface area contributed by atoms with Crippen LogP contribution in [0.25, 0.3) is 0 Å². The number of rotatable bonds is 9. The molecule has 0 aliphatic carbocycles. The largest absolute Gasteiger partial charge is 0.484 e. The Kier molecular flexibility index (Phi) is 7.17. The summed E-state index contributed by atoms with van der Waals surface area (Å²) < 4.78 is 32.0. The van der Waals surface area contributed by atoms with Crippen LogP contribution in [-0.4, -0.2) is 33.5 Å². The van der Waals surface area contributed by atoms with Gasteiger partial charge in [0.05, 0.1) is 4.90 Å². The smallest absolute Gasteiger partial charge is 0.257 e. The van der Waals surface area contributed by atoms with E-state index in [0.29, 0.717) is 12.3 Å². The third kappa shape index (κ3) is 6.50. The van der Waals surface area contributed by atoms with E-state index in [-0.39, 0.29) is 23.5 Å². The molecule has 140 valence electrons. The molecule has 0 bridgehead atoms. The average Bonchev–Trinajstić information content (AvgIpc) is 2.60. The van der Waals surface area contributed by atoms with Crippen LogP contribution in [0.1, 0.15) is 19.4 Å². The van der Waals surface area contributed by atoms with Crippen molar-refractivity contribution in [2.45, 2.75) is 31.2 Å². The Balaban J connectivity index is 1.77. The zero-order valence-electron chi connectivity index (χ0n) is 14.9. The molecule has 26 heavy (non-hydrogen) atoms. The summed E-state index contributed by atoms with van der Waals surface area (Å²) >= 11 is 0. The summed E-state index contributed by atoms with van der Waals surface area (Å²) in [6, 6.07) is 15.7. The maximum atomic E-state index is 12.0. The maximum Gasteiger partial charge on any atom is 0.257 e. The van der Waals surface area contributed by atoms with Crippen LogP contribution in [0.2, 0.25) is 0 Å². The fourth-order valence-corrected chi connectivity index (χ4v) is 3.54. The van der Waals surface area contributed by atoms with E-state index in [0.717, 1.165) is 12.0 Å². The summed E-state index contributed by atoms with van der Waals surface area (Å²) in [4.78, 5) is 12.0. The molecule has 0 aliphatic rings. The van der Waals surface area contributed by atoms with Crippen LogP contribution >= 0.6 is 0 Å². The second kappa shape index (κ2) is 9.35. The molecule has 2 N–H and O–H groups in total. The third-order valence-corrected chi connectivity index (χ3v) is 5.15. The first-order chi connectivity index (χ1) is 12.4. The monoisotopic (exact) mass is 376 g/mol. The molecule has 0 fully saturated rings. The first-order valence-corrected chi connectivity index (χ1v) is 9.91. The SMILES string of the molecule is CC(C)NS(=O)(=O)c1ccc(OCC(=O)NCCc2ccccc2)cc1. The highest BCUT2D eigenvalue weighted by Gasteiger charge is 2.15. The Bertz CT molecular complexity index is 803. The molecule has 0 aliphatic heterocycles. The first kappa shape index (κ1) is 19.9. The molecule has 2 rings (SSSR count). The van der Waals surface area contributed by atoms with Crippen molar-refractivity contribution in [3.05, 3.63) is 60.2 Å². The quantitative estimate of drug-likeness (QED) is 0.702. The van der Waals surface area contributed by atoms with Crippen LogP contribution in [-0.2, 0) is 21.2 Å². The Morgan fingerprint density at radius 3 is 2.31 bits per heavy atom. The predicted octanol–water partition coefficient (Wildman–Crippen LogP) is 2.11. The minimum atomic E-state index is -3.53. The van der Waals surface area contributed by atoms with Crippen LogP contribution in [0.3, 0.4) is 0 Å². The lowest BCUT2D eigenvalue weighted by molar-refractivity contribution is -0.123. The van der Waals surface area contributed by atoms with E-state index in [1.165, 1.54) is 24.3 Å². The summed E-state index contributed by atoms with van der Waals surface area (Å²) in [7, 11) is -3.53. The van der Waals surface area contributed by atoms with Crippen LogP contribution in [0, 0.1) is 0 Å². The molecular weight excluding hydrogens is 352 g/mol. The number of carbonyl (C=O) groups is 1. The van der Waals surface area contributed by atoms with Crippen LogP contribution < -0.4 is 14.8 Å². The average molecular weight is 376 g/mol. The molecule has 0 heterocycles. The van der Waals surface area contributed by atoms with Gasteiger partial charge in [-0.3, -0.25) is 4.79 Å². The fraction of sp³-hybridized carbons (Fsp3) is 0.316. The molecule has 0 aromatic heterocycles. The lowest BCUT2D eigenvalue weighted by Gasteiger charge is -2.11. The van der Waals surface area contributed by atoms with Crippen LogP contribution in [0.5, 0.6) is 5.75 Å². The van der Waals surface area contributed by atoms with Gasteiger partial charge in [-0.1, -0.05) is 30.3 Å². The molecule has 2 aromatic rings. The Labute approximate surface area is 154 Å².